The Morgan fingerprint density at radius 3 is 2.67 bits per heavy atom. The molecule has 0 unspecified atom stereocenters. The number of hydrogen-bond acceptors (Lipinski definition) is 6. The highest BCUT2D eigenvalue weighted by Crippen LogP contribution is 2.47. The lowest BCUT2D eigenvalue weighted by Crippen LogP contribution is -2.35. The molecular formula is C33H28F2N4O3S. The molecule has 5 heterocycles. The van der Waals surface area contributed by atoms with E-state index in [1.165, 1.54) is 34.1 Å². The molecule has 0 saturated heterocycles. The second-order valence-corrected chi connectivity index (χ2v) is 11.6. The Balaban J connectivity index is 1.67. The maximum Gasteiger partial charge on any atom is 0.250 e. The highest BCUT2D eigenvalue weighted by molar-refractivity contribution is 7.18. The van der Waals surface area contributed by atoms with Gasteiger partial charge in [-0.2, -0.15) is 0 Å². The third kappa shape index (κ3) is 5.23. The molecule has 4 aromatic heterocycles. The molecule has 5 aromatic rings. The molecule has 10 heteroatoms. The molecule has 1 aliphatic heterocycles. The first kappa shape index (κ1) is 28.4. The fraction of sp³-hybridized carbons (Fsp3) is 0.212. The largest absolute Gasteiger partial charge is 0.490 e. The van der Waals surface area contributed by atoms with E-state index in [9.17, 15) is 14.0 Å². The van der Waals surface area contributed by atoms with Gasteiger partial charge < -0.3 is 14.2 Å². The standard InChI is InChI=1S/C33H28F2N4O3S/c1-5-27(40)39-10-7-25-21(17-39)12-20(16-36-25)32-30(29-24(35)14-22(34)15-26(29)42-18(2)3)33-23(8-11-43-33)31(37-32)19-6-9-38(4)28(41)13-19/h5-6,8-9,11-16,18H,1,7,10,17H2,2-4H3. The van der Waals surface area contributed by atoms with Gasteiger partial charge in [-0.25, -0.2) is 13.8 Å². The minimum atomic E-state index is -0.789. The van der Waals surface area contributed by atoms with E-state index in [1.807, 2.05) is 17.5 Å². The van der Waals surface area contributed by atoms with Crippen LogP contribution in [0.4, 0.5) is 8.78 Å². The van der Waals surface area contributed by atoms with Gasteiger partial charge in [-0.15, -0.1) is 11.3 Å². The summed E-state index contributed by atoms with van der Waals surface area (Å²) < 4.78 is 38.5. The normalized spacial score (nSPS) is 12.9. The topological polar surface area (TPSA) is 77.3 Å². The van der Waals surface area contributed by atoms with Crippen molar-refractivity contribution in [2.24, 2.45) is 7.05 Å². The summed E-state index contributed by atoms with van der Waals surface area (Å²) in [6.07, 6.45) is 4.88. The average Bonchev–Trinajstić information content (AvgIpc) is 3.47. The zero-order chi connectivity index (χ0) is 30.4. The van der Waals surface area contributed by atoms with Gasteiger partial charge in [0, 0.05) is 89.6 Å². The number of rotatable bonds is 6. The van der Waals surface area contributed by atoms with Gasteiger partial charge in [0.1, 0.15) is 17.4 Å². The van der Waals surface area contributed by atoms with Gasteiger partial charge in [0.2, 0.25) is 5.91 Å². The van der Waals surface area contributed by atoms with E-state index < -0.39 is 11.6 Å². The number of amides is 1. The molecule has 43 heavy (non-hydrogen) atoms. The molecule has 0 fully saturated rings. The third-order valence-corrected chi connectivity index (χ3v) is 8.35. The Bertz CT molecular complexity index is 1980. The van der Waals surface area contributed by atoms with Crippen molar-refractivity contribution in [1.82, 2.24) is 19.4 Å². The van der Waals surface area contributed by atoms with E-state index in [0.717, 1.165) is 17.3 Å². The number of hydrogen-bond donors (Lipinski definition) is 0. The smallest absolute Gasteiger partial charge is 0.250 e. The van der Waals surface area contributed by atoms with E-state index in [2.05, 4.69) is 6.58 Å². The van der Waals surface area contributed by atoms with E-state index in [-0.39, 0.29) is 28.9 Å². The molecule has 1 aliphatic rings. The summed E-state index contributed by atoms with van der Waals surface area (Å²) in [5.74, 6) is -1.66. The van der Waals surface area contributed by atoms with Crippen LogP contribution in [0.25, 0.3) is 43.7 Å². The zero-order valence-electron chi connectivity index (χ0n) is 23.9. The molecule has 1 aromatic carbocycles. The van der Waals surface area contributed by atoms with Gasteiger partial charge in [-0.3, -0.25) is 14.6 Å². The Morgan fingerprint density at radius 2 is 1.93 bits per heavy atom. The fourth-order valence-corrected chi connectivity index (χ4v) is 6.34. The first-order chi connectivity index (χ1) is 20.6. The molecule has 0 spiro atoms. The number of carbonyl (C=O) groups is 1. The van der Waals surface area contributed by atoms with Crippen LogP contribution in [0, 0.1) is 11.6 Å². The number of aryl methyl sites for hydroxylation is 1. The van der Waals surface area contributed by atoms with Crippen molar-refractivity contribution in [2.75, 3.05) is 6.54 Å². The van der Waals surface area contributed by atoms with Gasteiger partial charge in [0.25, 0.3) is 5.56 Å². The molecule has 0 bridgehead atoms. The van der Waals surface area contributed by atoms with Crippen LogP contribution in [0.5, 0.6) is 5.75 Å². The van der Waals surface area contributed by atoms with E-state index in [4.69, 9.17) is 14.7 Å². The predicted octanol–water partition coefficient (Wildman–Crippen LogP) is 6.53. The summed E-state index contributed by atoms with van der Waals surface area (Å²) in [6, 6.07) is 9.12. The predicted molar refractivity (Wildman–Crippen MR) is 164 cm³/mol. The van der Waals surface area contributed by atoms with Gasteiger partial charge >= 0.3 is 0 Å². The SMILES string of the molecule is C=CC(=O)N1CCc2ncc(-c3nc(-c4ccn(C)c(=O)c4)c4ccsc4c3-c3c(F)cc(F)cc3OC(C)C)cc2C1. The lowest BCUT2D eigenvalue weighted by atomic mass is 9.94. The summed E-state index contributed by atoms with van der Waals surface area (Å²) in [6.45, 7) is 8.04. The Morgan fingerprint density at radius 1 is 1.12 bits per heavy atom. The molecule has 0 radical (unpaired) electrons. The number of fused-ring (bicyclic) bond motifs is 2. The van der Waals surface area contributed by atoms with Crippen molar-refractivity contribution in [3.05, 3.63) is 100 Å². The Labute approximate surface area is 250 Å². The molecule has 0 atom stereocenters. The van der Waals surface area contributed by atoms with Crippen molar-refractivity contribution in [3.8, 4) is 39.4 Å². The van der Waals surface area contributed by atoms with E-state index in [0.29, 0.717) is 57.7 Å². The van der Waals surface area contributed by atoms with E-state index in [1.54, 1.807) is 44.3 Å². The third-order valence-electron chi connectivity index (χ3n) is 7.42. The monoisotopic (exact) mass is 598 g/mol. The summed E-state index contributed by atoms with van der Waals surface area (Å²) in [5, 5.41) is 2.59. The second kappa shape index (κ2) is 11.2. The van der Waals surface area contributed by atoms with Crippen LogP contribution >= 0.6 is 11.3 Å². The van der Waals surface area contributed by atoms with Crippen molar-refractivity contribution < 1.29 is 18.3 Å². The van der Waals surface area contributed by atoms with Gasteiger partial charge in [-0.1, -0.05) is 6.58 Å². The van der Waals surface area contributed by atoms with Crippen molar-refractivity contribution in [1.29, 1.82) is 0 Å². The first-order valence-electron chi connectivity index (χ1n) is 13.8. The molecule has 7 nitrogen and oxygen atoms in total. The number of thiophene rings is 1. The van der Waals surface area contributed by atoms with Crippen LogP contribution in [0.2, 0.25) is 0 Å². The number of ether oxygens (including phenoxy) is 1. The number of pyridine rings is 3. The average molecular weight is 599 g/mol. The molecule has 218 valence electrons. The molecule has 0 N–H and O–H groups in total. The van der Waals surface area contributed by atoms with E-state index >= 15 is 4.39 Å². The van der Waals surface area contributed by atoms with Crippen molar-refractivity contribution in [3.63, 3.8) is 0 Å². The van der Waals surface area contributed by atoms with Gasteiger partial charge in [0.05, 0.1) is 23.1 Å². The van der Waals surface area contributed by atoms with Crippen LogP contribution in [0.1, 0.15) is 25.1 Å². The Hall–Kier alpha value is -4.70. The minimum Gasteiger partial charge on any atom is -0.490 e. The zero-order valence-corrected chi connectivity index (χ0v) is 24.7. The molecule has 1 amide bonds. The minimum absolute atomic E-state index is 0.0558. The van der Waals surface area contributed by atoms with Crippen LogP contribution in [-0.2, 0) is 24.8 Å². The number of carbonyl (C=O) groups excluding carboxylic acids is 1. The van der Waals surface area contributed by atoms with Crippen molar-refractivity contribution in [2.45, 2.75) is 32.9 Å². The number of aromatic nitrogens is 3. The van der Waals surface area contributed by atoms with Crippen molar-refractivity contribution >= 4 is 27.3 Å². The fourth-order valence-electron chi connectivity index (χ4n) is 5.39. The number of nitrogens with zero attached hydrogens (tertiary/aromatic N) is 4. The highest BCUT2D eigenvalue weighted by atomic mass is 32.1. The second-order valence-electron chi connectivity index (χ2n) is 10.7. The maximum absolute atomic E-state index is 15.9. The molecule has 6 rings (SSSR count). The number of benzene rings is 1. The van der Waals surface area contributed by atoms with Gasteiger partial charge in [-0.05, 0) is 49.1 Å². The molecule has 0 saturated carbocycles. The summed E-state index contributed by atoms with van der Waals surface area (Å²) >= 11 is 1.39. The maximum atomic E-state index is 15.9. The summed E-state index contributed by atoms with van der Waals surface area (Å²) in [7, 11) is 1.67. The number of halogens is 2. The van der Waals surface area contributed by atoms with Crippen LogP contribution in [0.3, 0.4) is 0 Å². The van der Waals surface area contributed by atoms with Crippen LogP contribution in [-0.4, -0.2) is 38.0 Å². The lowest BCUT2D eigenvalue weighted by Gasteiger charge is -2.27. The van der Waals surface area contributed by atoms with Gasteiger partial charge in [0.15, 0.2) is 0 Å². The Kier molecular flexibility index (Phi) is 7.39. The van der Waals surface area contributed by atoms with Crippen LogP contribution in [0.15, 0.2) is 71.6 Å². The lowest BCUT2D eigenvalue weighted by molar-refractivity contribution is -0.126. The summed E-state index contributed by atoms with van der Waals surface area (Å²) in [4.78, 5) is 36.5. The highest BCUT2D eigenvalue weighted by Gasteiger charge is 2.27. The van der Waals surface area contributed by atoms with Crippen LogP contribution < -0.4 is 10.3 Å². The quantitative estimate of drug-likeness (QED) is 0.208. The summed E-state index contributed by atoms with van der Waals surface area (Å²) in [5.41, 5.74) is 4.14. The molecule has 0 aliphatic carbocycles. The first-order valence-corrected chi connectivity index (χ1v) is 14.7. The molecular weight excluding hydrogens is 570 g/mol.